The van der Waals surface area contributed by atoms with Crippen LogP contribution in [-0.2, 0) is 10.0 Å². The zero-order valence-electron chi connectivity index (χ0n) is 12.9. The highest BCUT2D eigenvalue weighted by molar-refractivity contribution is 7.92. The summed E-state index contributed by atoms with van der Waals surface area (Å²) in [4.78, 5) is 10.3. The van der Waals surface area contributed by atoms with Crippen molar-refractivity contribution in [2.45, 2.75) is 11.8 Å². The minimum absolute atomic E-state index is 0.0881. The van der Waals surface area contributed by atoms with E-state index < -0.39 is 14.9 Å². The van der Waals surface area contributed by atoms with Crippen LogP contribution < -0.4 is 4.72 Å². The van der Waals surface area contributed by atoms with Crippen molar-refractivity contribution in [2.24, 2.45) is 0 Å². The molecule has 0 atom stereocenters. The van der Waals surface area contributed by atoms with Gasteiger partial charge in [-0.05, 0) is 36.7 Å². The van der Waals surface area contributed by atoms with Crippen LogP contribution in [0, 0.1) is 17.0 Å². The van der Waals surface area contributed by atoms with Gasteiger partial charge in [-0.3, -0.25) is 14.8 Å². The van der Waals surface area contributed by atoms with Crippen molar-refractivity contribution >= 4 is 32.9 Å². The molecule has 0 unspecified atom stereocenters. The van der Waals surface area contributed by atoms with Crippen molar-refractivity contribution < 1.29 is 13.3 Å². The van der Waals surface area contributed by atoms with Crippen LogP contribution in [0.1, 0.15) is 5.56 Å². The highest BCUT2D eigenvalue weighted by Crippen LogP contribution is 2.27. The summed E-state index contributed by atoms with van der Waals surface area (Å²) in [6.45, 7) is 1.41. The second-order valence-electron chi connectivity index (χ2n) is 5.13. The number of nitro groups is 1. The first-order valence-corrected chi connectivity index (χ1v) is 9.35. The van der Waals surface area contributed by atoms with Gasteiger partial charge in [-0.1, -0.05) is 22.7 Å². The molecule has 0 saturated heterocycles. The van der Waals surface area contributed by atoms with E-state index in [1.165, 1.54) is 36.7 Å². The zero-order valence-corrected chi connectivity index (χ0v) is 14.5. The van der Waals surface area contributed by atoms with Gasteiger partial charge in [0.2, 0.25) is 0 Å². The molecule has 25 heavy (non-hydrogen) atoms. The molecule has 128 valence electrons. The van der Waals surface area contributed by atoms with Crippen molar-refractivity contribution in [1.29, 1.82) is 0 Å². The maximum Gasteiger partial charge on any atom is 0.273 e. The molecule has 0 amide bonds. The molecule has 0 radical (unpaired) electrons. The number of hydrogen-bond acceptors (Lipinski definition) is 7. The molecule has 3 aromatic rings. The molecular weight excluding hydrogens is 364 g/mol. The van der Waals surface area contributed by atoms with Crippen LogP contribution in [0.4, 0.5) is 11.4 Å². The Morgan fingerprint density at radius 3 is 2.48 bits per heavy atom. The second-order valence-corrected chi connectivity index (χ2v) is 7.39. The van der Waals surface area contributed by atoms with E-state index in [1.807, 2.05) is 0 Å². The third-order valence-electron chi connectivity index (χ3n) is 3.53. The molecule has 0 aliphatic rings. The molecule has 1 heterocycles. The molecule has 10 heteroatoms. The molecule has 0 saturated carbocycles. The first kappa shape index (κ1) is 17.0. The number of rotatable bonds is 5. The van der Waals surface area contributed by atoms with Crippen molar-refractivity contribution in [3.05, 3.63) is 63.5 Å². The first-order valence-electron chi connectivity index (χ1n) is 7.03. The van der Waals surface area contributed by atoms with Gasteiger partial charge in [0.25, 0.3) is 15.7 Å². The summed E-state index contributed by atoms with van der Waals surface area (Å²) in [5.74, 6) is 0. The van der Waals surface area contributed by atoms with E-state index in [0.717, 1.165) is 5.56 Å². The van der Waals surface area contributed by atoms with Gasteiger partial charge in [0.05, 0.1) is 9.82 Å². The quantitative estimate of drug-likeness (QED) is 0.540. The summed E-state index contributed by atoms with van der Waals surface area (Å²) in [6.07, 6.45) is 0. The molecule has 0 spiro atoms. The Kier molecular flexibility index (Phi) is 4.47. The Morgan fingerprint density at radius 2 is 1.88 bits per heavy atom. The molecule has 8 nitrogen and oxygen atoms in total. The SMILES string of the molecule is Cc1c([N+](=O)[O-])cccc1S(=O)(=O)Nc1ccc(-c2csnn2)cc1. The maximum absolute atomic E-state index is 12.6. The molecule has 0 fully saturated rings. The fourth-order valence-electron chi connectivity index (χ4n) is 2.30. The maximum atomic E-state index is 12.6. The molecule has 3 rings (SSSR count). The van der Waals surface area contributed by atoms with Crippen molar-refractivity contribution in [1.82, 2.24) is 9.59 Å². The van der Waals surface area contributed by atoms with E-state index in [1.54, 1.807) is 29.6 Å². The lowest BCUT2D eigenvalue weighted by atomic mass is 10.2. The fourth-order valence-corrected chi connectivity index (χ4v) is 4.09. The van der Waals surface area contributed by atoms with E-state index in [4.69, 9.17) is 0 Å². The number of aromatic nitrogens is 2. The summed E-state index contributed by atoms with van der Waals surface area (Å²) in [5.41, 5.74) is 1.70. The third kappa shape index (κ3) is 3.49. The summed E-state index contributed by atoms with van der Waals surface area (Å²) in [7, 11) is -3.95. The molecule has 0 bridgehead atoms. The van der Waals surface area contributed by atoms with Gasteiger partial charge in [0.15, 0.2) is 0 Å². The summed E-state index contributed by atoms with van der Waals surface area (Å²) >= 11 is 1.22. The summed E-state index contributed by atoms with van der Waals surface area (Å²) in [6, 6.07) is 10.6. The van der Waals surface area contributed by atoms with E-state index in [0.29, 0.717) is 11.4 Å². The smallest absolute Gasteiger partial charge is 0.273 e. The Morgan fingerprint density at radius 1 is 1.16 bits per heavy atom. The molecule has 1 N–H and O–H groups in total. The van der Waals surface area contributed by atoms with Gasteiger partial charge in [-0.15, -0.1) is 5.10 Å². The van der Waals surface area contributed by atoms with E-state index in [9.17, 15) is 18.5 Å². The van der Waals surface area contributed by atoms with Crippen LogP contribution in [0.25, 0.3) is 11.3 Å². The minimum Gasteiger partial charge on any atom is -0.280 e. The lowest BCUT2D eigenvalue weighted by Crippen LogP contribution is -2.14. The predicted molar refractivity (Wildman–Crippen MR) is 94.0 cm³/mol. The van der Waals surface area contributed by atoms with Crippen molar-refractivity contribution in [2.75, 3.05) is 4.72 Å². The normalized spacial score (nSPS) is 11.2. The monoisotopic (exact) mass is 376 g/mol. The van der Waals surface area contributed by atoms with Crippen molar-refractivity contribution in [3.63, 3.8) is 0 Å². The lowest BCUT2D eigenvalue weighted by Gasteiger charge is -2.10. The average Bonchev–Trinajstić information content (AvgIpc) is 3.09. The minimum atomic E-state index is -3.95. The van der Waals surface area contributed by atoms with Gasteiger partial charge in [0.1, 0.15) is 5.69 Å². The highest BCUT2D eigenvalue weighted by Gasteiger charge is 2.22. The van der Waals surface area contributed by atoms with Crippen LogP contribution in [0.5, 0.6) is 0 Å². The van der Waals surface area contributed by atoms with Gasteiger partial charge in [0, 0.05) is 28.3 Å². The van der Waals surface area contributed by atoms with Crippen LogP contribution in [0.2, 0.25) is 0 Å². The summed E-state index contributed by atoms with van der Waals surface area (Å²) < 4.78 is 31.3. The molecular formula is C15H12N4O4S2. The highest BCUT2D eigenvalue weighted by atomic mass is 32.2. The topological polar surface area (TPSA) is 115 Å². The van der Waals surface area contributed by atoms with Gasteiger partial charge in [-0.2, -0.15) is 0 Å². The Labute approximate surface area is 147 Å². The van der Waals surface area contributed by atoms with E-state index in [2.05, 4.69) is 14.3 Å². The van der Waals surface area contributed by atoms with Gasteiger partial charge >= 0.3 is 0 Å². The predicted octanol–water partition coefficient (Wildman–Crippen LogP) is 3.22. The third-order valence-corrected chi connectivity index (χ3v) is 5.56. The van der Waals surface area contributed by atoms with Crippen molar-refractivity contribution in [3.8, 4) is 11.3 Å². The number of nitrogens with zero attached hydrogens (tertiary/aromatic N) is 3. The van der Waals surface area contributed by atoms with Crippen LogP contribution >= 0.6 is 11.5 Å². The number of nitrogens with one attached hydrogen (secondary N) is 1. The second kappa shape index (κ2) is 6.57. The molecule has 0 aliphatic heterocycles. The van der Waals surface area contributed by atoms with Crippen LogP contribution in [-0.4, -0.2) is 22.9 Å². The zero-order chi connectivity index (χ0) is 18.0. The fraction of sp³-hybridized carbons (Fsp3) is 0.0667. The van der Waals surface area contributed by atoms with E-state index >= 15 is 0 Å². The largest absolute Gasteiger partial charge is 0.280 e. The number of hydrogen-bond donors (Lipinski definition) is 1. The Balaban J connectivity index is 1.90. The van der Waals surface area contributed by atoms with Gasteiger partial charge < -0.3 is 0 Å². The number of benzene rings is 2. The van der Waals surface area contributed by atoms with Crippen LogP contribution in [0.3, 0.4) is 0 Å². The number of sulfonamides is 1. The van der Waals surface area contributed by atoms with Crippen LogP contribution in [0.15, 0.2) is 52.7 Å². The average molecular weight is 376 g/mol. The Hall–Kier alpha value is -2.85. The number of nitro benzene ring substituents is 1. The van der Waals surface area contributed by atoms with Gasteiger partial charge in [-0.25, -0.2) is 8.42 Å². The molecule has 2 aromatic carbocycles. The molecule has 0 aliphatic carbocycles. The molecule has 1 aromatic heterocycles. The lowest BCUT2D eigenvalue weighted by molar-refractivity contribution is -0.385. The number of anilines is 1. The first-order chi connectivity index (χ1) is 11.9. The van der Waals surface area contributed by atoms with E-state index in [-0.39, 0.29) is 16.1 Å². The Bertz CT molecular complexity index is 1020. The summed E-state index contributed by atoms with van der Waals surface area (Å²) in [5, 5.41) is 16.7. The standard InChI is InChI=1S/C15H12N4O4S2/c1-10-14(19(20)21)3-2-4-15(10)25(22,23)17-12-7-5-11(6-8-12)13-9-24-18-16-13/h2-9,17H,1H3.